The molecule has 0 saturated heterocycles. The Morgan fingerprint density at radius 1 is 1.31 bits per heavy atom. The number of aliphatic hydroxyl groups excluding tert-OH is 1. The van der Waals surface area contributed by atoms with Crippen LogP contribution in [0.3, 0.4) is 0 Å². The number of carboxylic acid groups (broad SMARTS) is 1. The Balaban J connectivity index is 1.81. The quantitative estimate of drug-likeness (QED) is 0.432. The maximum absolute atomic E-state index is 12.4. The molecule has 2 atom stereocenters. The van der Waals surface area contributed by atoms with Crippen LogP contribution >= 0.6 is 0 Å². The number of carbonyl (C=O) groups excluding carboxylic acids is 1. The minimum atomic E-state index is -0.766. The largest absolute Gasteiger partial charge is 0.481 e. The lowest BCUT2D eigenvalue weighted by molar-refractivity contribution is -0.137. The van der Waals surface area contributed by atoms with E-state index in [2.05, 4.69) is 6.08 Å². The summed E-state index contributed by atoms with van der Waals surface area (Å²) in [5.41, 5.74) is 0.725. The number of ketones is 1. The molecular weight excluding hydrogens is 328 g/mol. The predicted molar refractivity (Wildman–Crippen MR) is 103 cm³/mol. The normalized spacial score (nSPS) is 25.6. The molecule has 1 unspecified atom stereocenters. The Morgan fingerprint density at radius 2 is 2.04 bits per heavy atom. The summed E-state index contributed by atoms with van der Waals surface area (Å²) in [7, 11) is 0. The monoisotopic (exact) mass is 362 g/mol. The lowest BCUT2D eigenvalue weighted by atomic mass is 9.76. The highest BCUT2D eigenvalue weighted by molar-refractivity contribution is 5.92. The molecule has 1 fully saturated rings. The molecule has 2 rings (SSSR count). The van der Waals surface area contributed by atoms with Crippen molar-refractivity contribution < 1.29 is 19.8 Å². The fraction of sp³-hybridized carbons (Fsp3) is 0.727. The van der Waals surface area contributed by atoms with Crippen LogP contribution in [-0.2, 0) is 9.59 Å². The van der Waals surface area contributed by atoms with Crippen LogP contribution < -0.4 is 0 Å². The Labute approximate surface area is 157 Å². The maximum Gasteiger partial charge on any atom is 0.303 e. The van der Waals surface area contributed by atoms with Gasteiger partial charge in [0.25, 0.3) is 0 Å². The molecule has 1 saturated carbocycles. The first kappa shape index (κ1) is 20.9. The van der Waals surface area contributed by atoms with Crippen molar-refractivity contribution in [3.63, 3.8) is 0 Å². The summed E-state index contributed by atoms with van der Waals surface area (Å²) in [6.07, 6.45) is 16.1. The van der Waals surface area contributed by atoms with Crippen molar-refractivity contribution in [2.24, 2.45) is 11.3 Å². The number of carbonyl (C=O) groups is 2. The van der Waals surface area contributed by atoms with Gasteiger partial charge in [-0.2, -0.15) is 0 Å². The summed E-state index contributed by atoms with van der Waals surface area (Å²) in [4.78, 5) is 23.0. The van der Waals surface area contributed by atoms with Crippen molar-refractivity contribution in [1.82, 2.24) is 0 Å². The van der Waals surface area contributed by atoms with E-state index in [1.807, 2.05) is 19.1 Å². The summed E-state index contributed by atoms with van der Waals surface area (Å²) in [6, 6.07) is 0. The molecule has 0 spiro atoms. The third-order valence-corrected chi connectivity index (χ3v) is 6.22. The van der Waals surface area contributed by atoms with Crippen LogP contribution in [0, 0.1) is 11.3 Å². The highest BCUT2D eigenvalue weighted by atomic mass is 16.4. The van der Waals surface area contributed by atoms with Crippen molar-refractivity contribution in [2.45, 2.75) is 90.1 Å². The highest BCUT2D eigenvalue weighted by Crippen LogP contribution is 2.42. The van der Waals surface area contributed by atoms with Gasteiger partial charge in [-0.15, -0.1) is 0 Å². The Hall–Kier alpha value is -1.42. The second kappa shape index (κ2) is 10.1. The summed E-state index contributed by atoms with van der Waals surface area (Å²) < 4.78 is 0. The van der Waals surface area contributed by atoms with E-state index in [0.717, 1.165) is 32.1 Å². The van der Waals surface area contributed by atoms with E-state index in [4.69, 9.17) is 5.11 Å². The molecule has 0 radical (unpaired) electrons. The molecular formula is C22H34O4. The molecule has 26 heavy (non-hydrogen) atoms. The molecule has 2 aliphatic carbocycles. The molecule has 4 heteroatoms. The summed E-state index contributed by atoms with van der Waals surface area (Å²) in [5.74, 6) is -0.0743. The first-order valence-corrected chi connectivity index (χ1v) is 10.2. The van der Waals surface area contributed by atoms with Crippen LogP contribution in [0.15, 0.2) is 23.8 Å². The van der Waals surface area contributed by atoms with Gasteiger partial charge < -0.3 is 10.2 Å². The van der Waals surface area contributed by atoms with E-state index >= 15 is 0 Å². The topological polar surface area (TPSA) is 74.6 Å². The molecule has 146 valence electrons. The van der Waals surface area contributed by atoms with Gasteiger partial charge in [-0.05, 0) is 57.8 Å². The number of hydrogen-bond donors (Lipinski definition) is 2. The second-order valence-corrected chi connectivity index (χ2v) is 8.15. The number of carboxylic acids is 1. The average molecular weight is 363 g/mol. The lowest BCUT2D eigenvalue weighted by Gasteiger charge is -2.29. The number of rotatable bonds is 10. The Bertz CT molecular complexity index is 542. The van der Waals surface area contributed by atoms with E-state index < -0.39 is 11.4 Å². The van der Waals surface area contributed by atoms with Crippen molar-refractivity contribution in [1.29, 1.82) is 0 Å². The summed E-state index contributed by atoms with van der Waals surface area (Å²) >= 11 is 0. The van der Waals surface area contributed by atoms with Gasteiger partial charge in [-0.3, -0.25) is 9.59 Å². The first-order chi connectivity index (χ1) is 12.4. The van der Waals surface area contributed by atoms with Crippen LogP contribution in [-0.4, -0.2) is 28.1 Å². The zero-order valence-corrected chi connectivity index (χ0v) is 16.1. The molecule has 2 N–H and O–H groups in total. The first-order valence-electron chi connectivity index (χ1n) is 10.2. The number of Topliss-reactive ketones (excluding diaryl/α,β-unsaturated/α-hetero) is 1. The van der Waals surface area contributed by atoms with Crippen LogP contribution in [0.2, 0.25) is 0 Å². The molecule has 0 heterocycles. The molecule has 4 nitrogen and oxygen atoms in total. The van der Waals surface area contributed by atoms with E-state index in [1.165, 1.54) is 24.8 Å². The third-order valence-electron chi connectivity index (χ3n) is 6.22. The molecule has 0 aromatic rings. The van der Waals surface area contributed by atoms with E-state index in [0.29, 0.717) is 25.2 Å². The fourth-order valence-electron chi connectivity index (χ4n) is 4.33. The Morgan fingerprint density at radius 3 is 2.73 bits per heavy atom. The lowest BCUT2D eigenvalue weighted by Crippen LogP contribution is -2.27. The molecule has 0 aromatic heterocycles. The molecule has 0 aromatic carbocycles. The molecule has 0 bridgehead atoms. The van der Waals surface area contributed by atoms with Crippen molar-refractivity contribution in [2.75, 3.05) is 0 Å². The van der Waals surface area contributed by atoms with Gasteiger partial charge in [0.1, 0.15) is 5.78 Å². The van der Waals surface area contributed by atoms with Gasteiger partial charge in [-0.1, -0.05) is 43.1 Å². The molecule has 2 aliphatic rings. The van der Waals surface area contributed by atoms with Crippen molar-refractivity contribution >= 4 is 11.8 Å². The second-order valence-electron chi connectivity index (χ2n) is 8.15. The third kappa shape index (κ3) is 5.80. The number of hydrogen-bond acceptors (Lipinski definition) is 3. The van der Waals surface area contributed by atoms with E-state index in [-0.39, 0.29) is 18.3 Å². The number of unbranched alkanes of at least 4 members (excludes halogenated alkanes) is 1. The highest BCUT2D eigenvalue weighted by Gasteiger charge is 2.39. The van der Waals surface area contributed by atoms with Crippen molar-refractivity contribution in [3.8, 4) is 0 Å². The van der Waals surface area contributed by atoms with Gasteiger partial charge in [0, 0.05) is 12.8 Å². The number of aliphatic carboxylic acids is 1. The predicted octanol–water partition coefficient (Wildman–Crippen LogP) is 4.81. The van der Waals surface area contributed by atoms with Gasteiger partial charge in [-0.25, -0.2) is 0 Å². The summed E-state index contributed by atoms with van der Waals surface area (Å²) in [6.45, 7) is 2.02. The van der Waals surface area contributed by atoms with Gasteiger partial charge in [0.2, 0.25) is 0 Å². The van der Waals surface area contributed by atoms with Crippen LogP contribution in [0.4, 0.5) is 0 Å². The van der Waals surface area contributed by atoms with E-state index in [1.54, 1.807) is 0 Å². The maximum atomic E-state index is 12.4. The Kier molecular flexibility index (Phi) is 8.08. The average Bonchev–Trinajstić information content (AvgIpc) is 2.91. The van der Waals surface area contributed by atoms with Gasteiger partial charge in [0.05, 0.1) is 11.5 Å². The number of aliphatic hydroxyl groups is 1. The van der Waals surface area contributed by atoms with Crippen LogP contribution in [0.5, 0.6) is 0 Å². The zero-order chi connectivity index (χ0) is 19.0. The van der Waals surface area contributed by atoms with Crippen LogP contribution in [0.25, 0.3) is 0 Å². The zero-order valence-electron chi connectivity index (χ0n) is 16.1. The standard InChI is InChI=1S/C22H34O4/c1-22(16-8-3-2-7-11-21(25)26)18(13-15-20(22)24)12-14-19(23)17-9-5-4-6-10-17/h3,8,13,17,19,23H,2,4-7,9-12,14-16H2,1H3,(H,25,26)/b8-3-/t19?,22-/m1/s1. The smallest absolute Gasteiger partial charge is 0.303 e. The van der Waals surface area contributed by atoms with Gasteiger partial charge >= 0.3 is 5.97 Å². The van der Waals surface area contributed by atoms with Crippen molar-refractivity contribution in [3.05, 3.63) is 23.8 Å². The van der Waals surface area contributed by atoms with E-state index in [9.17, 15) is 14.7 Å². The minimum absolute atomic E-state index is 0.185. The number of allylic oxidation sites excluding steroid dienone is 4. The van der Waals surface area contributed by atoms with Crippen LogP contribution in [0.1, 0.15) is 84.0 Å². The molecule has 0 aliphatic heterocycles. The van der Waals surface area contributed by atoms with Gasteiger partial charge in [0.15, 0.2) is 0 Å². The summed E-state index contributed by atoms with van der Waals surface area (Å²) in [5, 5.41) is 19.2. The fourth-order valence-corrected chi connectivity index (χ4v) is 4.33. The molecule has 0 amide bonds. The minimum Gasteiger partial charge on any atom is -0.481 e. The SMILES string of the molecule is C[C@]1(C/C=C\CCCC(=O)O)C(=O)CC=C1CCC(O)C1CCCCC1.